The molecule has 25 heavy (non-hydrogen) atoms. The van der Waals surface area contributed by atoms with Crippen LogP contribution in [0, 0.1) is 17.3 Å². The number of carboxylic acids is 1. The van der Waals surface area contributed by atoms with Crippen molar-refractivity contribution in [2.45, 2.75) is 60.7 Å². The molecule has 0 saturated carbocycles. The van der Waals surface area contributed by atoms with Crippen LogP contribution in [0.3, 0.4) is 0 Å². The van der Waals surface area contributed by atoms with E-state index in [1.807, 2.05) is 27.7 Å². The first-order valence-electron chi connectivity index (χ1n) is 8.37. The molecular weight excluding hydrogens is 368 g/mol. The number of ether oxygens (including phenoxy) is 2. The summed E-state index contributed by atoms with van der Waals surface area (Å²) in [5, 5.41) is 9.47. The van der Waals surface area contributed by atoms with E-state index in [1.54, 1.807) is 13.8 Å². The SMILES string of the molecule is CCC(CC)(C(=O)O)C(=O)C(OCC(C)C)OCC(C)C.[O]=[Ti]([OH])[OH]. The molecule has 8 nitrogen and oxygen atoms in total. The van der Waals surface area contributed by atoms with Crippen LogP contribution in [0.25, 0.3) is 0 Å². The number of aliphatic carboxylic acids is 1. The van der Waals surface area contributed by atoms with Gasteiger partial charge in [0.05, 0.1) is 13.2 Å². The molecule has 0 spiro atoms. The summed E-state index contributed by atoms with van der Waals surface area (Å²) in [5.41, 5.74) is -1.43. The zero-order chi connectivity index (χ0) is 20.2. The van der Waals surface area contributed by atoms with Crippen molar-refractivity contribution >= 4 is 11.8 Å². The molecular formula is C16H32O8Ti. The second-order valence-electron chi connectivity index (χ2n) is 6.53. The molecule has 0 aliphatic rings. The Kier molecular flexibility index (Phi) is 14.6. The Morgan fingerprint density at radius 1 is 0.960 bits per heavy atom. The van der Waals surface area contributed by atoms with Gasteiger partial charge in [-0.3, -0.25) is 9.59 Å². The maximum atomic E-state index is 12.7. The van der Waals surface area contributed by atoms with Crippen molar-refractivity contribution in [3.63, 3.8) is 0 Å². The van der Waals surface area contributed by atoms with E-state index in [-0.39, 0.29) is 24.7 Å². The van der Waals surface area contributed by atoms with Crippen LogP contribution >= 0.6 is 0 Å². The third-order valence-electron chi connectivity index (χ3n) is 3.46. The summed E-state index contributed by atoms with van der Waals surface area (Å²) >= 11 is -3.58. The monoisotopic (exact) mass is 400 g/mol. The van der Waals surface area contributed by atoms with E-state index in [2.05, 4.69) is 0 Å². The van der Waals surface area contributed by atoms with Gasteiger partial charge in [-0.05, 0) is 24.7 Å². The van der Waals surface area contributed by atoms with Gasteiger partial charge < -0.3 is 14.6 Å². The average Bonchev–Trinajstić information content (AvgIpc) is 2.47. The number of hydrogen-bond acceptors (Lipinski definition) is 5. The predicted molar refractivity (Wildman–Crippen MR) is 86.1 cm³/mol. The van der Waals surface area contributed by atoms with Crippen molar-refractivity contribution in [1.29, 1.82) is 0 Å². The summed E-state index contributed by atoms with van der Waals surface area (Å²) in [7, 11) is 0. The number of carboxylic acid groups (broad SMARTS) is 1. The van der Waals surface area contributed by atoms with Crippen molar-refractivity contribution < 1.29 is 53.5 Å². The molecule has 0 saturated heterocycles. The Morgan fingerprint density at radius 2 is 1.28 bits per heavy atom. The summed E-state index contributed by atoms with van der Waals surface area (Å²) in [6.07, 6.45) is -0.653. The second kappa shape index (κ2) is 13.7. The molecule has 0 aromatic rings. The third kappa shape index (κ3) is 10.9. The van der Waals surface area contributed by atoms with Gasteiger partial charge in [-0.25, -0.2) is 0 Å². The number of Topliss-reactive ketones (excluding diaryl/α,β-unsaturated/α-hetero) is 1. The van der Waals surface area contributed by atoms with E-state index in [1.165, 1.54) is 0 Å². The van der Waals surface area contributed by atoms with Crippen LogP contribution in [0.5, 0.6) is 0 Å². The van der Waals surface area contributed by atoms with Crippen molar-refractivity contribution in [1.82, 2.24) is 0 Å². The summed E-state index contributed by atoms with van der Waals surface area (Å²) in [6, 6.07) is 0. The molecule has 0 heterocycles. The molecule has 9 heteroatoms. The van der Waals surface area contributed by atoms with Gasteiger partial charge in [-0.15, -0.1) is 0 Å². The minimum atomic E-state index is -3.58. The molecule has 148 valence electrons. The minimum absolute atomic E-state index is 0.226. The van der Waals surface area contributed by atoms with Gasteiger partial charge >= 0.3 is 35.3 Å². The van der Waals surface area contributed by atoms with Gasteiger partial charge in [0.1, 0.15) is 5.41 Å². The number of rotatable bonds is 11. The van der Waals surface area contributed by atoms with Crippen molar-refractivity contribution in [3.05, 3.63) is 0 Å². The first-order chi connectivity index (χ1) is 11.4. The summed E-state index contributed by atoms with van der Waals surface area (Å²) in [5.74, 6) is -1.11. The van der Waals surface area contributed by atoms with Crippen LogP contribution < -0.4 is 0 Å². The zero-order valence-corrected chi connectivity index (χ0v) is 17.5. The predicted octanol–water partition coefficient (Wildman–Crippen LogP) is 1.88. The first-order valence-corrected chi connectivity index (χ1v) is 10.4. The Bertz CT molecular complexity index is 402. The Labute approximate surface area is 156 Å². The fourth-order valence-electron chi connectivity index (χ4n) is 1.99. The molecule has 0 aliphatic carbocycles. The fourth-order valence-corrected chi connectivity index (χ4v) is 1.99. The van der Waals surface area contributed by atoms with Gasteiger partial charge in [-0.2, -0.15) is 0 Å². The quantitative estimate of drug-likeness (QED) is 0.272. The van der Waals surface area contributed by atoms with Gasteiger partial charge in [0.2, 0.25) is 12.1 Å². The van der Waals surface area contributed by atoms with Crippen LogP contribution in [-0.2, 0) is 41.0 Å². The molecule has 0 radical (unpaired) electrons. The van der Waals surface area contributed by atoms with Gasteiger partial charge in [-0.1, -0.05) is 41.5 Å². The summed E-state index contributed by atoms with van der Waals surface area (Å²) < 4.78 is 34.3. The van der Waals surface area contributed by atoms with Crippen LogP contribution in [0.2, 0.25) is 0 Å². The van der Waals surface area contributed by atoms with Crippen molar-refractivity contribution in [3.8, 4) is 0 Å². The van der Waals surface area contributed by atoms with E-state index in [0.717, 1.165) is 0 Å². The zero-order valence-electron chi connectivity index (χ0n) is 15.9. The Morgan fingerprint density at radius 3 is 1.48 bits per heavy atom. The normalized spacial score (nSPS) is 11.5. The van der Waals surface area contributed by atoms with E-state index in [0.29, 0.717) is 13.2 Å². The van der Waals surface area contributed by atoms with E-state index >= 15 is 0 Å². The van der Waals surface area contributed by atoms with E-state index < -0.39 is 42.1 Å². The van der Waals surface area contributed by atoms with Gasteiger partial charge in [0, 0.05) is 0 Å². The first kappa shape index (κ1) is 26.7. The van der Waals surface area contributed by atoms with Crippen LogP contribution in [-0.4, -0.2) is 43.7 Å². The third-order valence-corrected chi connectivity index (χ3v) is 3.46. The van der Waals surface area contributed by atoms with Crippen LogP contribution in [0.4, 0.5) is 0 Å². The molecule has 0 rings (SSSR count). The molecule has 0 amide bonds. The summed E-state index contributed by atoms with van der Waals surface area (Å²) in [4.78, 5) is 24.2. The van der Waals surface area contributed by atoms with E-state index in [9.17, 15) is 14.7 Å². The van der Waals surface area contributed by atoms with Gasteiger partial charge in [0.15, 0.2) is 0 Å². The number of hydrogen-bond donors (Lipinski definition) is 3. The van der Waals surface area contributed by atoms with Crippen molar-refractivity contribution in [2.75, 3.05) is 13.2 Å². The molecule has 0 fully saturated rings. The molecule has 0 aromatic heterocycles. The van der Waals surface area contributed by atoms with E-state index in [4.69, 9.17) is 20.2 Å². The Balaban J connectivity index is 0. The maximum absolute atomic E-state index is 12.7. The van der Waals surface area contributed by atoms with Gasteiger partial charge in [0.25, 0.3) is 0 Å². The second-order valence-corrected chi connectivity index (χ2v) is 7.41. The number of carbonyl (C=O) groups excluding carboxylic acids is 1. The Hall–Kier alpha value is -0.506. The summed E-state index contributed by atoms with van der Waals surface area (Å²) in [6.45, 7) is 12.0. The molecule has 3 N–H and O–H groups in total. The molecule has 0 bridgehead atoms. The van der Waals surface area contributed by atoms with Crippen LogP contribution in [0.1, 0.15) is 54.4 Å². The number of carbonyl (C=O) groups is 2. The molecule has 0 unspecified atom stereocenters. The van der Waals surface area contributed by atoms with Crippen LogP contribution in [0.15, 0.2) is 0 Å². The average molecular weight is 400 g/mol. The molecule has 0 atom stereocenters. The standard InChI is InChI=1S/C16H30O5.2H2O.O.Ti/c1-7-16(8-2,15(18)19)13(17)14(20-9-11(3)4)21-10-12(5)6;;;;/h11-12,14H,7-10H2,1-6H3,(H,18,19);2*1H2;;/q;;;;+2/p-2. The van der Waals surface area contributed by atoms with Crippen molar-refractivity contribution in [2.24, 2.45) is 17.3 Å². The topological polar surface area (TPSA) is 130 Å². The molecule has 0 aliphatic heterocycles. The molecule has 0 aromatic carbocycles. The fraction of sp³-hybridized carbons (Fsp3) is 0.875. The number of ketones is 1.